The van der Waals surface area contributed by atoms with Crippen molar-refractivity contribution in [2.75, 3.05) is 12.4 Å². The summed E-state index contributed by atoms with van der Waals surface area (Å²) < 4.78 is 11.3. The average molecular weight is 388 g/mol. The topological polar surface area (TPSA) is 30.5 Å². The van der Waals surface area contributed by atoms with Gasteiger partial charge in [-0.25, -0.2) is 0 Å². The summed E-state index contributed by atoms with van der Waals surface area (Å²) in [4.78, 5) is 0. The molecule has 0 aliphatic carbocycles. The summed E-state index contributed by atoms with van der Waals surface area (Å²) in [5, 5.41) is 4.62. The highest BCUT2D eigenvalue weighted by molar-refractivity contribution is 6.31. The van der Waals surface area contributed by atoms with E-state index in [-0.39, 0.29) is 0 Å². The zero-order chi connectivity index (χ0) is 18.4. The summed E-state index contributed by atoms with van der Waals surface area (Å²) in [7, 11) is 1.61. The second-order valence-electron chi connectivity index (χ2n) is 5.69. The van der Waals surface area contributed by atoms with Crippen LogP contribution in [0.4, 0.5) is 5.69 Å². The number of hydrogen-bond acceptors (Lipinski definition) is 3. The molecule has 0 bridgehead atoms. The van der Waals surface area contributed by atoms with E-state index in [4.69, 9.17) is 32.7 Å². The van der Waals surface area contributed by atoms with Gasteiger partial charge in [-0.2, -0.15) is 0 Å². The predicted molar refractivity (Wildman–Crippen MR) is 108 cm³/mol. The number of nitrogens with one attached hydrogen (secondary N) is 1. The van der Waals surface area contributed by atoms with Crippen LogP contribution in [0, 0.1) is 0 Å². The van der Waals surface area contributed by atoms with Gasteiger partial charge in [0.2, 0.25) is 0 Å². The highest BCUT2D eigenvalue weighted by Gasteiger charge is 2.11. The number of ether oxygens (including phenoxy) is 2. The third-order valence-corrected chi connectivity index (χ3v) is 4.65. The molecular weight excluding hydrogens is 369 g/mol. The molecule has 0 spiro atoms. The summed E-state index contributed by atoms with van der Waals surface area (Å²) >= 11 is 12.6. The first-order chi connectivity index (χ1) is 12.7. The molecule has 0 amide bonds. The molecule has 5 heteroatoms. The van der Waals surface area contributed by atoms with Crippen molar-refractivity contribution in [1.29, 1.82) is 0 Å². The molecular formula is C21H19Cl2NO2. The molecule has 3 aromatic rings. The summed E-state index contributed by atoms with van der Waals surface area (Å²) in [5.74, 6) is 1.21. The summed E-state index contributed by atoms with van der Waals surface area (Å²) in [6.45, 7) is 0.929. The van der Waals surface area contributed by atoms with Crippen LogP contribution < -0.4 is 14.8 Å². The first kappa shape index (κ1) is 18.4. The van der Waals surface area contributed by atoms with Gasteiger partial charge >= 0.3 is 0 Å². The van der Waals surface area contributed by atoms with E-state index < -0.39 is 0 Å². The Kier molecular flexibility index (Phi) is 6.26. The van der Waals surface area contributed by atoms with E-state index in [1.54, 1.807) is 13.2 Å². The second-order valence-corrected chi connectivity index (χ2v) is 6.51. The summed E-state index contributed by atoms with van der Waals surface area (Å²) in [6, 6.07) is 21.2. The fourth-order valence-electron chi connectivity index (χ4n) is 2.51. The zero-order valence-electron chi connectivity index (χ0n) is 14.3. The first-order valence-electron chi connectivity index (χ1n) is 8.19. The van der Waals surface area contributed by atoms with Gasteiger partial charge in [0, 0.05) is 33.9 Å². The molecule has 0 aliphatic heterocycles. The van der Waals surface area contributed by atoms with E-state index in [0.29, 0.717) is 34.7 Å². The van der Waals surface area contributed by atoms with Crippen molar-refractivity contribution < 1.29 is 9.47 Å². The number of halogens is 2. The van der Waals surface area contributed by atoms with Gasteiger partial charge in [0.15, 0.2) is 11.5 Å². The van der Waals surface area contributed by atoms with Crippen LogP contribution in [0.2, 0.25) is 10.0 Å². The zero-order valence-corrected chi connectivity index (χ0v) is 15.8. The van der Waals surface area contributed by atoms with Gasteiger partial charge in [-0.15, -0.1) is 0 Å². The Hall–Kier alpha value is -2.36. The lowest BCUT2D eigenvalue weighted by atomic mass is 10.2. The lowest BCUT2D eigenvalue weighted by Gasteiger charge is -2.15. The summed E-state index contributed by atoms with van der Waals surface area (Å²) in [5.41, 5.74) is 2.86. The molecule has 0 heterocycles. The largest absolute Gasteiger partial charge is 0.493 e. The van der Waals surface area contributed by atoms with E-state index in [2.05, 4.69) is 5.32 Å². The lowest BCUT2D eigenvalue weighted by Crippen LogP contribution is -2.03. The maximum Gasteiger partial charge on any atom is 0.163 e. The number of para-hydroxylation sites is 1. The van der Waals surface area contributed by atoms with Crippen molar-refractivity contribution >= 4 is 28.9 Å². The first-order valence-corrected chi connectivity index (χ1v) is 8.94. The van der Waals surface area contributed by atoms with Gasteiger partial charge in [0.05, 0.1) is 7.11 Å². The average Bonchev–Trinajstić information content (AvgIpc) is 2.67. The SMILES string of the molecule is COc1cc(CNc2ccccc2)c(Cl)cc1OCc1ccccc1Cl. The minimum absolute atomic E-state index is 0.341. The Morgan fingerprint density at radius 3 is 2.27 bits per heavy atom. The Morgan fingerprint density at radius 2 is 1.54 bits per heavy atom. The van der Waals surface area contributed by atoms with Crippen molar-refractivity contribution in [2.45, 2.75) is 13.2 Å². The van der Waals surface area contributed by atoms with Crippen LogP contribution in [-0.4, -0.2) is 7.11 Å². The van der Waals surface area contributed by atoms with Gasteiger partial charge in [0.1, 0.15) is 6.61 Å². The smallest absolute Gasteiger partial charge is 0.163 e. The number of hydrogen-bond donors (Lipinski definition) is 1. The third-order valence-electron chi connectivity index (χ3n) is 3.93. The molecule has 3 aromatic carbocycles. The van der Waals surface area contributed by atoms with Gasteiger partial charge < -0.3 is 14.8 Å². The van der Waals surface area contributed by atoms with Crippen molar-refractivity contribution in [3.8, 4) is 11.5 Å². The molecule has 0 aliphatic rings. The predicted octanol–water partition coefficient (Wildman–Crippen LogP) is 6.19. The second kappa shape index (κ2) is 8.84. The van der Waals surface area contributed by atoms with Crippen molar-refractivity contribution in [3.63, 3.8) is 0 Å². The van der Waals surface area contributed by atoms with E-state index in [1.165, 1.54) is 0 Å². The third kappa shape index (κ3) is 4.63. The highest BCUT2D eigenvalue weighted by atomic mass is 35.5. The minimum atomic E-state index is 0.341. The number of rotatable bonds is 7. The van der Waals surface area contributed by atoms with Crippen LogP contribution in [0.5, 0.6) is 11.5 Å². The Morgan fingerprint density at radius 1 is 0.808 bits per heavy atom. The Labute approximate surface area is 163 Å². The maximum absolute atomic E-state index is 6.44. The number of methoxy groups -OCH3 is 1. The molecule has 0 unspecified atom stereocenters. The molecule has 3 nitrogen and oxygen atoms in total. The molecule has 26 heavy (non-hydrogen) atoms. The lowest BCUT2D eigenvalue weighted by molar-refractivity contribution is 0.284. The molecule has 3 rings (SSSR count). The van der Waals surface area contributed by atoms with Gasteiger partial charge in [-0.1, -0.05) is 59.6 Å². The van der Waals surface area contributed by atoms with E-state index in [0.717, 1.165) is 16.8 Å². The number of benzene rings is 3. The minimum Gasteiger partial charge on any atom is -0.493 e. The van der Waals surface area contributed by atoms with E-state index in [9.17, 15) is 0 Å². The van der Waals surface area contributed by atoms with Crippen LogP contribution in [0.15, 0.2) is 66.7 Å². The van der Waals surface area contributed by atoms with Crippen molar-refractivity contribution in [3.05, 3.63) is 87.9 Å². The fourth-order valence-corrected chi connectivity index (χ4v) is 2.92. The molecule has 0 saturated heterocycles. The van der Waals surface area contributed by atoms with Crippen LogP contribution in [0.1, 0.15) is 11.1 Å². The monoisotopic (exact) mass is 387 g/mol. The fraction of sp³-hybridized carbons (Fsp3) is 0.143. The summed E-state index contributed by atoms with van der Waals surface area (Å²) in [6.07, 6.45) is 0. The molecule has 0 aromatic heterocycles. The molecule has 1 N–H and O–H groups in total. The molecule has 0 atom stereocenters. The standard InChI is InChI=1S/C21H19Cl2NO2/c1-25-20-11-16(13-24-17-8-3-2-4-9-17)19(23)12-21(20)26-14-15-7-5-6-10-18(15)22/h2-12,24H,13-14H2,1H3. The molecule has 134 valence electrons. The Bertz CT molecular complexity index is 869. The van der Waals surface area contributed by atoms with E-state index in [1.807, 2.05) is 60.7 Å². The van der Waals surface area contributed by atoms with Crippen LogP contribution >= 0.6 is 23.2 Å². The molecule has 0 radical (unpaired) electrons. The Balaban J connectivity index is 1.73. The van der Waals surface area contributed by atoms with Crippen LogP contribution in [-0.2, 0) is 13.2 Å². The van der Waals surface area contributed by atoms with Gasteiger partial charge in [-0.05, 0) is 29.8 Å². The molecule has 0 saturated carbocycles. The quantitative estimate of drug-likeness (QED) is 0.523. The van der Waals surface area contributed by atoms with Gasteiger partial charge in [0.25, 0.3) is 0 Å². The van der Waals surface area contributed by atoms with Crippen molar-refractivity contribution in [1.82, 2.24) is 0 Å². The van der Waals surface area contributed by atoms with Crippen LogP contribution in [0.25, 0.3) is 0 Å². The van der Waals surface area contributed by atoms with E-state index >= 15 is 0 Å². The highest BCUT2D eigenvalue weighted by Crippen LogP contribution is 2.34. The molecule has 0 fully saturated rings. The normalized spacial score (nSPS) is 10.4. The van der Waals surface area contributed by atoms with Gasteiger partial charge in [-0.3, -0.25) is 0 Å². The number of anilines is 1. The van der Waals surface area contributed by atoms with Crippen molar-refractivity contribution in [2.24, 2.45) is 0 Å². The van der Waals surface area contributed by atoms with Crippen LogP contribution in [0.3, 0.4) is 0 Å². The maximum atomic E-state index is 6.44.